The number of hydrogen-bond donors (Lipinski definition) is 1. The fraction of sp³-hybridized carbons (Fsp3) is 0.0714. The molecular weight excluding hydrogens is 254 g/mol. The van der Waals surface area contributed by atoms with Crippen LogP contribution in [-0.2, 0) is 0 Å². The van der Waals surface area contributed by atoms with Crippen LogP contribution in [0.25, 0.3) is 5.95 Å². The molecule has 0 radical (unpaired) electrons. The first-order valence-corrected chi connectivity index (χ1v) is 6.08. The highest BCUT2D eigenvalue weighted by atomic mass is 16.5. The smallest absolute Gasteiger partial charge is 0.238 e. The molecule has 3 rings (SSSR count). The molecule has 0 saturated heterocycles. The second kappa shape index (κ2) is 5.00. The molecule has 2 heterocycles. The minimum absolute atomic E-state index is 0.478. The van der Waals surface area contributed by atoms with Gasteiger partial charge in [0.05, 0.1) is 0 Å². The van der Waals surface area contributed by atoms with Crippen LogP contribution in [0.5, 0.6) is 11.6 Å². The maximum Gasteiger partial charge on any atom is 0.238 e. The third kappa shape index (κ3) is 2.59. The van der Waals surface area contributed by atoms with Gasteiger partial charge in [-0.1, -0.05) is 0 Å². The van der Waals surface area contributed by atoms with Crippen molar-refractivity contribution in [1.29, 1.82) is 0 Å². The molecule has 0 aliphatic carbocycles. The summed E-state index contributed by atoms with van der Waals surface area (Å²) in [6.45, 7) is 1.89. The average molecular weight is 267 g/mol. The molecule has 3 aromatic rings. The van der Waals surface area contributed by atoms with Crippen molar-refractivity contribution in [3.8, 4) is 17.6 Å². The van der Waals surface area contributed by atoms with Gasteiger partial charge in [0.25, 0.3) is 0 Å². The van der Waals surface area contributed by atoms with Crippen molar-refractivity contribution in [3.05, 3.63) is 54.7 Å². The van der Waals surface area contributed by atoms with Crippen LogP contribution < -0.4 is 10.5 Å². The number of imidazole rings is 1. The number of rotatable bonds is 3. The number of nitrogen functional groups attached to an aromatic ring is 1. The van der Waals surface area contributed by atoms with Crippen LogP contribution in [0, 0.1) is 6.92 Å². The first kappa shape index (κ1) is 12.2. The van der Waals surface area contributed by atoms with Crippen LogP contribution in [0.4, 0.5) is 5.69 Å². The van der Waals surface area contributed by atoms with E-state index in [1.807, 2.05) is 6.92 Å². The summed E-state index contributed by atoms with van der Waals surface area (Å²) >= 11 is 0. The van der Waals surface area contributed by atoms with E-state index in [2.05, 4.69) is 15.0 Å². The molecule has 2 N–H and O–H groups in total. The molecule has 1 aromatic carbocycles. The van der Waals surface area contributed by atoms with E-state index in [0.717, 1.165) is 5.69 Å². The molecule has 0 aliphatic heterocycles. The summed E-state index contributed by atoms with van der Waals surface area (Å²) < 4.78 is 7.44. The molecule has 0 amide bonds. The van der Waals surface area contributed by atoms with Crippen molar-refractivity contribution in [1.82, 2.24) is 19.5 Å². The predicted molar refractivity (Wildman–Crippen MR) is 74.8 cm³/mol. The second-order valence-corrected chi connectivity index (χ2v) is 4.29. The maximum absolute atomic E-state index is 5.71. The van der Waals surface area contributed by atoms with Crippen molar-refractivity contribution in [3.63, 3.8) is 0 Å². The summed E-state index contributed by atoms with van der Waals surface area (Å²) in [5.41, 5.74) is 7.15. The lowest BCUT2D eigenvalue weighted by molar-refractivity contribution is 0.459. The zero-order valence-corrected chi connectivity index (χ0v) is 10.9. The van der Waals surface area contributed by atoms with Gasteiger partial charge in [-0.25, -0.2) is 9.97 Å². The number of nitrogens with zero attached hydrogens (tertiary/aromatic N) is 4. The highest BCUT2D eigenvalue weighted by molar-refractivity contribution is 5.42. The lowest BCUT2D eigenvalue weighted by Crippen LogP contribution is -2.01. The van der Waals surface area contributed by atoms with Crippen LogP contribution >= 0.6 is 0 Å². The summed E-state index contributed by atoms with van der Waals surface area (Å²) in [6, 6.07) is 8.92. The number of benzene rings is 1. The highest BCUT2D eigenvalue weighted by Crippen LogP contribution is 2.21. The number of nitrogens with two attached hydrogens (primary N) is 1. The molecule has 0 unspecified atom stereocenters. The number of ether oxygens (including phenoxy) is 1. The number of aromatic nitrogens is 4. The van der Waals surface area contributed by atoms with E-state index in [-0.39, 0.29) is 0 Å². The minimum atomic E-state index is 0.478. The molecule has 2 aromatic heterocycles. The zero-order valence-electron chi connectivity index (χ0n) is 10.9. The first-order chi connectivity index (χ1) is 9.70. The van der Waals surface area contributed by atoms with Crippen LogP contribution in [0.1, 0.15) is 5.69 Å². The van der Waals surface area contributed by atoms with Crippen LogP contribution in [0.3, 0.4) is 0 Å². The summed E-state index contributed by atoms with van der Waals surface area (Å²) in [7, 11) is 0. The Kier molecular flexibility index (Phi) is 3.04. The molecular formula is C14H13N5O. The van der Waals surface area contributed by atoms with Gasteiger partial charge in [-0.15, -0.1) is 0 Å². The fourth-order valence-electron chi connectivity index (χ4n) is 1.73. The van der Waals surface area contributed by atoms with E-state index < -0.39 is 0 Å². The summed E-state index contributed by atoms with van der Waals surface area (Å²) in [5, 5.41) is 0. The third-order valence-corrected chi connectivity index (χ3v) is 2.66. The number of hydrogen-bond acceptors (Lipinski definition) is 5. The van der Waals surface area contributed by atoms with E-state index in [4.69, 9.17) is 10.5 Å². The second-order valence-electron chi connectivity index (χ2n) is 4.29. The van der Waals surface area contributed by atoms with Crippen molar-refractivity contribution in [2.24, 2.45) is 0 Å². The van der Waals surface area contributed by atoms with Gasteiger partial charge in [0.2, 0.25) is 11.8 Å². The Balaban J connectivity index is 1.92. The Bertz CT molecular complexity index is 707. The van der Waals surface area contributed by atoms with E-state index in [1.54, 1.807) is 53.6 Å². The summed E-state index contributed by atoms with van der Waals surface area (Å²) in [4.78, 5) is 12.7. The molecule has 20 heavy (non-hydrogen) atoms. The highest BCUT2D eigenvalue weighted by Gasteiger charge is 2.06. The van der Waals surface area contributed by atoms with Gasteiger partial charge >= 0.3 is 0 Å². The Morgan fingerprint density at radius 3 is 2.65 bits per heavy atom. The van der Waals surface area contributed by atoms with Crippen LogP contribution in [0.2, 0.25) is 0 Å². The van der Waals surface area contributed by atoms with Crippen LogP contribution in [0.15, 0.2) is 49.1 Å². The normalized spacial score (nSPS) is 10.4. The molecule has 0 bridgehead atoms. The molecule has 0 spiro atoms. The first-order valence-electron chi connectivity index (χ1n) is 6.08. The lowest BCUT2D eigenvalue weighted by Gasteiger charge is -2.08. The monoisotopic (exact) mass is 267 g/mol. The summed E-state index contributed by atoms with van der Waals surface area (Å²) in [5.74, 6) is 1.67. The van der Waals surface area contributed by atoms with E-state index >= 15 is 0 Å². The topological polar surface area (TPSA) is 78.9 Å². The largest absolute Gasteiger partial charge is 0.439 e. The number of anilines is 1. The Morgan fingerprint density at radius 2 is 1.95 bits per heavy atom. The van der Waals surface area contributed by atoms with Crippen molar-refractivity contribution in [2.45, 2.75) is 6.92 Å². The SMILES string of the molecule is Cc1cc(Oc2ccc(N)cc2)nc(-n2ccnc2)n1. The maximum atomic E-state index is 5.71. The zero-order chi connectivity index (χ0) is 13.9. The van der Waals surface area contributed by atoms with E-state index in [0.29, 0.717) is 23.3 Å². The molecule has 0 fully saturated rings. The van der Waals surface area contributed by atoms with Gasteiger partial charge in [-0.05, 0) is 31.2 Å². The van der Waals surface area contributed by atoms with Crippen molar-refractivity contribution >= 4 is 5.69 Å². The van der Waals surface area contributed by atoms with Gasteiger partial charge in [0.1, 0.15) is 12.1 Å². The molecule has 6 heteroatoms. The predicted octanol–water partition coefficient (Wildman–Crippen LogP) is 2.35. The Hall–Kier alpha value is -2.89. The Morgan fingerprint density at radius 1 is 1.15 bits per heavy atom. The standard InChI is InChI=1S/C14H13N5O/c1-10-8-13(20-12-4-2-11(15)3-5-12)18-14(17-10)19-7-6-16-9-19/h2-9H,15H2,1H3. The van der Waals surface area contributed by atoms with Crippen molar-refractivity contribution < 1.29 is 4.74 Å². The third-order valence-electron chi connectivity index (χ3n) is 2.66. The van der Waals surface area contributed by atoms with Gasteiger partial charge < -0.3 is 10.5 Å². The van der Waals surface area contributed by atoms with Gasteiger partial charge in [0.15, 0.2) is 0 Å². The lowest BCUT2D eigenvalue weighted by atomic mass is 10.3. The Labute approximate surface area is 115 Å². The quantitative estimate of drug-likeness (QED) is 0.737. The average Bonchev–Trinajstić information content (AvgIpc) is 2.95. The molecule has 0 aliphatic rings. The van der Waals surface area contributed by atoms with E-state index in [1.165, 1.54) is 0 Å². The summed E-state index contributed by atoms with van der Waals surface area (Å²) in [6.07, 6.45) is 5.09. The van der Waals surface area contributed by atoms with Crippen molar-refractivity contribution in [2.75, 3.05) is 5.73 Å². The fourth-order valence-corrected chi connectivity index (χ4v) is 1.73. The van der Waals surface area contributed by atoms with E-state index in [9.17, 15) is 0 Å². The van der Waals surface area contributed by atoms with Gasteiger partial charge in [-0.3, -0.25) is 4.57 Å². The molecule has 100 valence electrons. The minimum Gasteiger partial charge on any atom is -0.439 e. The molecule has 0 saturated carbocycles. The number of aryl methyl sites for hydroxylation is 1. The van der Waals surface area contributed by atoms with Crippen LogP contribution in [-0.4, -0.2) is 19.5 Å². The van der Waals surface area contributed by atoms with Gasteiger partial charge in [0, 0.05) is 29.8 Å². The molecule has 0 atom stereocenters. The molecule has 6 nitrogen and oxygen atoms in total. The van der Waals surface area contributed by atoms with Gasteiger partial charge in [-0.2, -0.15) is 4.98 Å².